The van der Waals surface area contributed by atoms with Crippen LogP contribution in [-0.2, 0) is 4.79 Å². The van der Waals surface area contributed by atoms with E-state index < -0.39 is 5.97 Å². The van der Waals surface area contributed by atoms with E-state index in [0.29, 0.717) is 12.8 Å². The van der Waals surface area contributed by atoms with Gasteiger partial charge < -0.3 is 5.11 Å². The Bertz CT molecular complexity index is 124. The third kappa shape index (κ3) is 4.00. The van der Waals surface area contributed by atoms with Crippen LogP contribution in [0.15, 0.2) is 5.18 Å². The molecule has 1 unspecified atom stereocenters. The topological polar surface area (TPSA) is 66.7 Å². The van der Waals surface area contributed by atoms with Gasteiger partial charge in [-0.2, -0.15) is 4.91 Å². The fourth-order valence-electron chi connectivity index (χ4n) is 0.621. The minimum Gasteiger partial charge on any atom is -0.481 e. The van der Waals surface area contributed by atoms with Crippen LogP contribution in [0.5, 0.6) is 0 Å². The smallest absolute Gasteiger partial charge is 0.303 e. The van der Waals surface area contributed by atoms with Crippen molar-refractivity contribution in [3.05, 3.63) is 4.91 Å². The largest absolute Gasteiger partial charge is 0.481 e. The fraction of sp³-hybridized carbons (Fsp3) is 0.833. The van der Waals surface area contributed by atoms with Gasteiger partial charge in [0, 0.05) is 6.42 Å². The Morgan fingerprint density at radius 2 is 2.30 bits per heavy atom. The number of carboxylic acid groups (broad SMARTS) is 1. The lowest BCUT2D eigenvalue weighted by Gasteiger charge is -2.00. The van der Waals surface area contributed by atoms with Crippen molar-refractivity contribution in [1.82, 2.24) is 0 Å². The van der Waals surface area contributed by atoms with Crippen LogP contribution in [0, 0.1) is 4.91 Å². The minimum absolute atomic E-state index is 0.0320. The average Bonchev–Trinajstić information content (AvgIpc) is 1.90. The third-order valence-electron chi connectivity index (χ3n) is 1.31. The number of carboxylic acids is 1. The fourth-order valence-corrected chi connectivity index (χ4v) is 0.621. The van der Waals surface area contributed by atoms with Crippen molar-refractivity contribution >= 4 is 5.97 Å². The first kappa shape index (κ1) is 9.07. The van der Waals surface area contributed by atoms with E-state index in [1.165, 1.54) is 0 Å². The molecule has 1 atom stereocenters. The molecular weight excluding hydrogens is 134 g/mol. The van der Waals surface area contributed by atoms with Crippen molar-refractivity contribution in [2.75, 3.05) is 0 Å². The number of carbonyl (C=O) groups is 1. The van der Waals surface area contributed by atoms with Crippen molar-refractivity contribution in [2.24, 2.45) is 5.18 Å². The first-order chi connectivity index (χ1) is 4.70. The quantitative estimate of drug-likeness (QED) is 0.594. The van der Waals surface area contributed by atoms with Gasteiger partial charge in [0.15, 0.2) is 0 Å². The molecular formula is C6H11NO3. The van der Waals surface area contributed by atoms with Gasteiger partial charge in [0.1, 0.15) is 0 Å². The molecule has 0 aromatic rings. The van der Waals surface area contributed by atoms with Gasteiger partial charge in [-0.25, -0.2) is 0 Å². The van der Waals surface area contributed by atoms with E-state index in [1.54, 1.807) is 0 Å². The van der Waals surface area contributed by atoms with E-state index in [1.807, 2.05) is 6.92 Å². The Balaban J connectivity index is 3.44. The van der Waals surface area contributed by atoms with Gasteiger partial charge in [-0.3, -0.25) is 4.79 Å². The van der Waals surface area contributed by atoms with Crippen LogP contribution < -0.4 is 0 Å². The Hall–Kier alpha value is -0.930. The first-order valence-electron chi connectivity index (χ1n) is 3.25. The number of hydrogen-bond donors (Lipinski definition) is 1. The molecule has 4 nitrogen and oxygen atoms in total. The van der Waals surface area contributed by atoms with Gasteiger partial charge in [0.05, 0.1) is 6.04 Å². The molecule has 58 valence electrons. The minimum atomic E-state index is -0.873. The lowest BCUT2D eigenvalue weighted by atomic mass is 10.1. The lowest BCUT2D eigenvalue weighted by Crippen LogP contribution is -2.05. The molecule has 0 radical (unpaired) electrons. The molecule has 0 aromatic carbocycles. The van der Waals surface area contributed by atoms with Crippen LogP contribution in [-0.4, -0.2) is 17.1 Å². The van der Waals surface area contributed by atoms with Gasteiger partial charge in [0.25, 0.3) is 0 Å². The molecule has 0 spiro atoms. The normalized spacial score (nSPS) is 12.5. The van der Waals surface area contributed by atoms with E-state index in [9.17, 15) is 9.70 Å². The summed E-state index contributed by atoms with van der Waals surface area (Å²) >= 11 is 0. The average molecular weight is 145 g/mol. The predicted octanol–water partition coefficient (Wildman–Crippen LogP) is 1.40. The molecule has 0 fully saturated rings. The van der Waals surface area contributed by atoms with Crippen molar-refractivity contribution < 1.29 is 9.90 Å². The summed E-state index contributed by atoms with van der Waals surface area (Å²) in [7, 11) is 0. The van der Waals surface area contributed by atoms with Gasteiger partial charge >= 0.3 is 5.97 Å². The number of rotatable bonds is 5. The Morgan fingerprint density at radius 3 is 2.60 bits per heavy atom. The molecule has 0 aromatic heterocycles. The van der Waals surface area contributed by atoms with Crippen LogP contribution in [0.3, 0.4) is 0 Å². The van der Waals surface area contributed by atoms with E-state index >= 15 is 0 Å². The zero-order valence-electron chi connectivity index (χ0n) is 5.91. The van der Waals surface area contributed by atoms with Crippen molar-refractivity contribution in [2.45, 2.75) is 32.2 Å². The van der Waals surface area contributed by atoms with Crippen LogP contribution >= 0.6 is 0 Å². The second kappa shape index (κ2) is 4.90. The van der Waals surface area contributed by atoms with E-state index in [4.69, 9.17) is 5.11 Å². The maximum absolute atomic E-state index is 9.99. The molecule has 0 saturated heterocycles. The highest BCUT2D eigenvalue weighted by Gasteiger charge is 2.07. The molecule has 1 N–H and O–H groups in total. The molecule has 4 heteroatoms. The number of nitroso groups, excluding NO2 is 1. The van der Waals surface area contributed by atoms with E-state index in [-0.39, 0.29) is 12.5 Å². The van der Waals surface area contributed by atoms with E-state index in [0.717, 1.165) is 0 Å². The van der Waals surface area contributed by atoms with Crippen LogP contribution in [0.2, 0.25) is 0 Å². The SMILES string of the molecule is CCC(CCC(=O)O)N=O. The van der Waals surface area contributed by atoms with Gasteiger partial charge in [-0.15, -0.1) is 0 Å². The van der Waals surface area contributed by atoms with E-state index in [2.05, 4.69) is 5.18 Å². The zero-order chi connectivity index (χ0) is 7.98. The molecule has 0 aliphatic rings. The van der Waals surface area contributed by atoms with Gasteiger partial charge in [-0.05, 0) is 12.8 Å². The Kier molecular flexibility index (Phi) is 4.45. The predicted molar refractivity (Wildman–Crippen MR) is 36.7 cm³/mol. The summed E-state index contributed by atoms with van der Waals surface area (Å²) in [6.07, 6.45) is 1.01. The molecule has 0 amide bonds. The number of nitrogens with zero attached hydrogens (tertiary/aromatic N) is 1. The summed E-state index contributed by atoms with van der Waals surface area (Å²) < 4.78 is 0. The third-order valence-corrected chi connectivity index (χ3v) is 1.31. The van der Waals surface area contributed by atoms with Crippen LogP contribution in [0.25, 0.3) is 0 Å². The van der Waals surface area contributed by atoms with Crippen molar-refractivity contribution in [3.8, 4) is 0 Å². The highest BCUT2D eigenvalue weighted by molar-refractivity contribution is 5.66. The molecule has 10 heavy (non-hydrogen) atoms. The van der Waals surface area contributed by atoms with Crippen LogP contribution in [0.4, 0.5) is 0 Å². The second-order valence-electron chi connectivity index (χ2n) is 2.10. The molecule has 0 heterocycles. The van der Waals surface area contributed by atoms with Crippen molar-refractivity contribution in [3.63, 3.8) is 0 Å². The molecule has 0 aliphatic heterocycles. The second-order valence-corrected chi connectivity index (χ2v) is 2.10. The highest BCUT2D eigenvalue weighted by Crippen LogP contribution is 2.04. The summed E-state index contributed by atoms with van der Waals surface area (Å²) in [5.41, 5.74) is 0. The summed E-state index contributed by atoms with van der Waals surface area (Å²) in [5, 5.41) is 11.0. The monoisotopic (exact) mass is 145 g/mol. The summed E-state index contributed by atoms with van der Waals surface area (Å²) in [6.45, 7) is 1.81. The standard InChI is InChI=1S/C6H11NO3/c1-2-5(7-10)3-4-6(8)9/h5H,2-4H2,1H3,(H,8,9). The maximum Gasteiger partial charge on any atom is 0.303 e. The van der Waals surface area contributed by atoms with Crippen LogP contribution in [0.1, 0.15) is 26.2 Å². The number of hydrogen-bond acceptors (Lipinski definition) is 3. The molecule has 0 bridgehead atoms. The maximum atomic E-state index is 9.99. The Morgan fingerprint density at radius 1 is 1.70 bits per heavy atom. The van der Waals surface area contributed by atoms with Crippen molar-refractivity contribution in [1.29, 1.82) is 0 Å². The summed E-state index contributed by atoms with van der Waals surface area (Å²) in [6, 6.07) is -0.323. The van der Waals surface area contributed by atoms with Gasteiger partial charge in [0.2, 0.25) is 0 Å². The highest BCUT2D eigenvalue weighted by atomic mass is 16.4. The molecule has 0 aliphatic carbocycles. The molecule has 0 rings (SSSR count). The van der Waals surface area contributed by atoms with Gasteiger partial charge in [-0.1, -0.05) is 12.1 Å². The molecule has 0 saturated carbocycles. The Labute approximate surface area is 59.2 Å². The number of aliphatic carboxylic acids is 1. The summed E-state index contributed by atoms with van der Waals surface area (Å²) in [4.78, 5) is 19.9. The lowest BCUT2D eigenvalue weighted by molar-refractivity contribution is -0.137. The zero-order valence-corrected chi connectivity index (χ0v) is 5.91. The summed E-state index contributed by atoms with van der Waals surface area (Å²) in [5.74, 6) is -0.873. The first-order valence-corrected chi connectivity index (χ1v) is 3.25.